The maximum Gasteiger partial charge on any atom is 0.287 e. The van der Waals surface area contributed by atoms with Gasteiger partial charge in [0.1, 0.15) is 10.8 Å². The van der Waals surface area contributed by atoms with Gasteiger partial charge in [0.05, 0.1) is 29.8 Å². The van der Waals surface area contributed by atoms with Crippen molar-refractivity contribution in [1.82, 2.24) is 19.1 Å². The lowest BCUT2D eigenvalue weighted by Gasteiger charge is -2.33. The molecule has 29 heavy (non-hydrogen) atoms. The van der Waals surface area contributed by atoms with E-state index in [9.17, 15) is 9.00 Å². The van der Waals surface area contributed by atoms with Gasteiger partial charge in [-0.15, -0.1) is 0 Å². The molecule has 3 rings (SSSR count). The van der Waals surface area contributed by atoms with Crippen LogP contribution in [0, 0.1) is 0 Å². The van der Waals surface area contributed by atoms with Crippen LogP contribution in [0.2, 0.25) is 5.02 Å². The molecule has 9 nitrogen and oxygen atoms in total. The molecule has 2 aromatic rings. The lowest BCUT2D eigenvalue weighted by atomic mass is 10.1. The van der Waals surface area contributed by atoms with Crippen LogP contribution in [0.3, 0.4) is 0 Å². The van der Waals surface area contributed by atoms with Gasteiger partial charge in [0.2, 0.25) is 0 Å². The molecule has 1 unspecified atom stereocenters. The van der Waals surface area contributed by atoms with Gasteiger partial charge in [-0.1, -0.05) is 11.6 Å². The van der Waals surface area contributed by atoms with Crippen LogP contribution < -0.4 is 20.1 Å². The summed E-state index contributed by atoms with van der Waals surface area (Å²) in [5.41, 5.74) is 0.993. The summed E-state index contributed by atoms with van der Waals surface area (Å²) >= 11 is 4.79. The SMILES string of the molecule is CNc1cnn(C2CCN(S(=O)N(C)c3ccc(N(C)C)nc3)CC2)c(=O)c1Cl. The van der Waals surface area contributed by atoms with E-state index in [2.05, 4.69) is 15.4 Å². The zero-order valence-electron chi connectivity index (χ0n) is 17.0. The number of pyridine rings is 1. The zero-order valence-corrected chi connectivity index (χ0v) is 18.6. The number of nitrogens with zero attached hydrogens (tertiary/aromatic N) is 6. The van der Waals surface area contributed by atoms with Gasteiger partial charge in [0.15, 0.2) is 11.2 Å². The number of rotatable bonds is 6. The van der Waals surface area contributed by atoms with Crippen molar-refractivity contribution in [3.63, 3.8) is 0 Å². The number of hydrogen-bond acceptors (Lipinski definition) is 6. The van der Waals surface area contributed by atoms with Crippen molar-refractivity contribution < 1.29 is 4.21 Å². The smallest absolute Gasteiger partial charge is 0.287 e. The van der Waals surface area contributed by atoms with E-state index in [1.54, 1.807) is 30.8 Å². The van der Waals surface area contributed by atoms with Crippen LogP contribution in [0.15, 0.2) is 29.3 Å². The number of piperidine rings is 1. The largest absolute Gasteiger partial charge is 0.385 e. The molecule has 0 aromatic carbocycles. The van der Waals surface area contributed by atoms with Gasteiger partial charge in [0.25, 0.3) is 5.56 Å². The summed E-state index contributed by atoms with van der Waals surface area (Å²) in [6.45, 7) is 1.18. The van der Waals surface area contributed by atoms with Crippen LogP contribution in [0.25, 0.3) is 0 Å². The van der Waals surface area contributed by atoms with Gasteiger partial charge in [-0.05, 0) is 25.0 Å². The third-order valence-corrected chi connectivity index (χ3v) is 6.84. The van der Waals surface area contributed by atoms with Gasteiger partial charge in [-0.3, -0.25) is 9.10 Å². The Bertz CT molecular complexity index is 927. The first-order chi connectivity index (χ1) is 13.8. The van der Waals surface area contributed by atoms with Gasteiger partial charge < -0.3 is 10.2 Å². The van der Waals surface area contributed by atoms with Crippen molar-refractivity contribution in [2.75, 3.05) is 55.8 Å². The molecule has 1 saturated heterocycles. The molecule has 0 radical (unpaired) electrons. The van der Waals surface area contributed by atoms with E-state index in [-0.39, 0.29) is 16.6 Å². The molecular formula is C18H26ClN7O2S. The predicted molar refractivity (Wildman–Crippen MR) is 118 cm³/mol. The molecular weight excluding hydrogens is 414 g/mol. The minimum absolute atomic E-state index is 0.0643. The molecule has 1 aliphatic rings. The van der Waals surface area contributed by atoms with E-state index >= 15 is 0 Å². The van der Waals surface area contributed by atoms with Crippen LogP contribution in [0.1, 0.15) is 18.9 Å². The molecule has 1 fully saturated rings. The van der Waals surface area contributed by atoms with Crippen molar-refractivity contribution in [3.05, 3.63) is 39.9 Å². The molecule has 158 valence electrons. The first kappa shape index (κ1) is 21.5. The molecule has 0 aliphatic carbocycles. The summed E-state index contributed by atoms with van der Waals surface area (Å²) in [6.07, 6.45) is 4.61. The fourth-order valence-corrected chi connectivity index (χ4v) is 4.60. The van der Waals surface area contributed by atoms with Crippen molar-refractivity contribution in [2.45, 2.75) is 18.9 Å². The van der Waals surface area contributed by atoms with Crippen LogP contribution >= 0.6 is 11.6 Å². The fraction of sp³-hybridized carbons (Fsp3) is 0.500. The summed E-state index contributed by atoms with van der Waals surface area (Å²) < 4.78 is 18.0. The second-order valence-corrected chi connectivity index (χ2v) is 8.93. The Morgan fingerprint density at radius 3 is 2.45 bits per heavy atom. The lowest BCUT2D eigenvalue weighted by molar-refractivity contribution is 0.262. The maximum absolute atomic E-state index is 13.0. The Morgan fingerprint density at radius 2 is 1.90 bits per heavy atom. The molecule has 0 bridgehead atoms. The molecule has 11 heteroatoms. The third kappa shape index (κ3) is 4.54. The number of halogens is 1. The number of anilines is 3. The molecule has 2 aromatic heterocycles. The molecule has 0 spiro atoms. The third-order valence-electron chi connectivity index (χ3n) is 4.99. The van der Waals surface area contributed by atoms with Crippen LogP contribution in [-0.4, -0.2) is 64.6 Å². The molecule has 3 heterocycles. The summed E-state index contributed by atoms with van der Waals surface area (Å²) in [7, 11) is 7.33. The molecule has 1 N–H and O–H groups in total. The predicted octanol–water partition coefficient (Wildman–Crippen LogP) is 1.75. The first-order valence-corrected chi connectivity index (χ1v) is 10.8. The second kappa shape index (κ2) is 9.10. The van der Waals surface area contributed by atoms with Gasteiger partial charge in [0, 0.05) is 41.3 Å². The minimum atomic E-state index is -1.34. The standard InChI is InChI=1S/C18H26ClN7O2S/c1-20-15-12-22-26(18(27)17(15)19)13-7-9-25(10-8-13)29(28)24(4)14-5-6-16(21-11-14)23(2)3/h5-6,11-13,20H,7-10H2,1-4H3. The van der Waals surface area contributed by atoms with Crippen LogP contribution in [-0.2, 0) is 11.2 Å². The number of hydrogen-bond donors (Lipinski definition) is 1. The Kier molecular flexibility index (Phi) is 6.76. The number of nitrogens with one attached hydrogen (secondary N) is 1. The lowest BCUT2D eigenvalue weighted by Crippen LogP contribution is -2.43. The normalized spacial score (nSPS) is 16.4. The quantitative estimate of drug-likeness (QED) is 0.737. The molecule has 0 amide bonds. The van der Waals surface area contributed by atoms with Gasteiger partial charge >= 0.3 is 0 Å². The Morgan fingerprint density at radius 1 is 1.21 bits per heavy atom. The highest BCUT2D eigenvalue weighted by Gasteiger charge is 2.28. The topological polar surface area (TPSA) is 86.6 Å². The molecule has 0 saturated carbocycles. The highest BCUT2D eigenvalue weighted by molar-refractivity contribution is 7.84. The van der Waals surface area contributed by atoms with Crippen LogP contribution in [0.4, 0.5) is 17.2 Å². The molecule has 1 atom stereocenters. The number of aromatic nitrogens is 3. The zero-order chi connectivity index (χ0) is 21.1. The van der Waals surface area contributed by atoms with Crippen molar-refractivity contribution in [2.24, 2.45) is 0 Å². The highest BCUT2D eigenvalue weighted by atomic mass is 35.5. The van der Waals surface area contributed by atoms with Crippen molar-refractivity contribution in [1.29, 1.82) is 0 Å². The summed E-state index contributed by atoms with van der Waals surface area (Å²) in [5.74, 6) is 0.842. The fourth-order valence-electron chi connectivity index (χ4n) is 3.21. The Hall–Kier alpha value is -2.17. The average Bonchev–Trinajstić information content (AvgIpc) is 2.75. The van der Waals surface area contributed by atoms with Gasteiger partial charge in [-0.2, -0.15) is 5.10 Å². The molecule has 1 aliphatic heterocycles. The maximum atomic E-state index is 13.0. The van der Waals surface area contributed by atoms with E-state index in [0.717, 1.165) is 11.5 Å². The average molecular weight is 440 g/mol. The Labute approximate surface area is 178 Å². The van der Waals surface area contributed by atoms with E-state index in [1.165, 1.54) is 4.68 Å². The van der Waals surface area contributed by atoms with E-state index in [0.29, 0.717) is 31.6 Å². The Balaban J connectivity index is 1.65. The highest BCUT2D eigenvalue weighted by Crippen LogP contribution is 2.25. The van der Waals surface area contributed by atoms with Crippen molar-refractivity contribution in [3.8, 4) is 0 Å². The summed E-state index contributed by atoms with van der Waals surface area (Å²) in [4.78, 5) is 18.8. The van der Waals surface area contributed by atoms with Crippen LogP contribution in [0.5, 0.6) is 0 Å². The van der Waals surface area contributed by atoms with E-state index in [4.69, 9.17) is 11.6 Å². The monoisotopic (exact) mass is 439 g/mol. The summed E-state index contributed by atoms with van der Waals surface area (Å²) in [5, 5.41) is 7.25. The van der Waals surface area contributed by atoms with E-state index in [1.807, 2.05) is 35.4 Å². The van der Waals surface area contributed by atoms with E-state index < -0.39 is 11.2 Å². The minimum Gasteiger partial charge on any atom is -0.385 e. The summed E-state index contributed by atoms with van der Waals surface area (Å²) in [6, 6.07) is 3.73. The van der Waals surface area contributed by atoms with Gasteiger partial charge in [-0.25, -0.2) is 18.2 Å². The first-order valence-electron chi connectivity index (χ1n) is 9.32. The second-order valence-electron chi connectivity index (χ2n) is 7.03. The van der Waals surface area contributed by atoms with Crippen molar-refractivity contribution >= 4 is 40.0 Å².